The average molecular weight is 334 g/mol. The number of benzene rings is 1. The van der Waals surface area contributed by atoms with Crippen molar-refractivity contribution in [2.75, 3.05) is 18.1 Å². The standard InChI is InChI=1S/C16H18N2O4S/c1-11-5-6-12-3-2-4-14(16(12)17-11)22-9-15(19)18-13-7-8-23(20,21)10-13/h2-6,13H,7-10H2,1H3,(H,18,19). The zero-order chi connectivity index (χ0) is 16.4. The average Bonchev–Trinajstić information content (AvgIpc) is 2.84. The van der Waals surface area contributed by atoms with E-state index in [1.165, 1.54) is 0 Å². The molecule has 23 heavy (non-hydrogen) atoms. The van der Waals surface area contributed by atoms with Crippen molar-refractivity contribution in [1.29, 1.82) is 0 Å². The SMILES string of the molecule is Cc1ccc2cccc(OCC(=O)NC3CCS(=O)(=O)C3)c2n1. The van der Waals surface area contributed by atoms with E-state index in [-0.39, 0.29) is 30.1 Å². The third-order valence-electron chi connectivity index (χ3n) is 3.78. The zero-order valence-electron chi connectivity index (χ0n) is 12.8. The fraction of sp³-hybridized carbons (Fsp3) is 0.375. The molecule has 1 aromatic heterocycles. The molecule has 0 saturated carbocycles. The molecule has 1 atom stereocenters. The van der Waals surface area contributed by atoms with Gasteiger partial charge < -0.3 is 10.1 Å². The van der Waals surface area contributed by atoms with Crippen molar-refractivity contribution < 1.29 is 17.9 Å². The molecule has 2 heterocycles. The van der Waals surface area contributed by atoms with Crippen LogP contribution in [0, 0.1) is 6.92 Å². The number of nitrogens with one attached hydrogen (secondary N) is 1. The Morgan fingerprint density at radius 3 is 2.91 bits per heavy atom. The molecular weight excluding hydrogens is 316 g/mol. The van der Waals surface area contributed by atoms with Gasteiger partial charge in [0.2, 0.25) is 0 Å². The third-order valence-corrected chi connectivity index (χ3v) is 5.55. The fourth-order valence-electron chi connectivity index (χ4n) is 2.66. The first kappa shape index (κ1) is 15.7. The van der Waals surface area contributed by atoms with E-state index in [2.05, 4.69) is 10.3 Å². The Kier molecular flexibility index (Phi) is 4.21. The summed E-state index contributed by atoms with van der Waals surface area (Å²) in [7, 11) is -3.01. The van der Waals surface area contributed by atoms with Crippen molar-refractivity contribution in [1.82, 2.24) is 10.3 Å². The second-order valence-corrected chi connectivity index (χ2v) is 7.97. The summed E-state index contributed by atoms with van der Waals surface area (Å²) in [6.45, 7) is 1.73. The summed E-state index contributed by atoms with van der Waals surface area (Å²) in [5.41, 5.74) is 1.58. The quantitative estimate of drug-likeness (QED) is 0.909. The number of fused-ring (bicyclic) bond motifs is 1. The summed E-state index contributed by atoms with van der Waals surface area (Å²) >= 11 is 0. The Hall–Kier alpha value is -2.15. The number of ether oxygens (including phenoxy) is 1. The first-order valence-electron chi connectivity index (χ1n) is 7.42. The smallest absolute Gasteiger partial charge is 0.258 e. The van der Waals surface area contributed by atoms with Gasteiger partial charge in [-0.15, -0.1) is 0 Å². The molecule has 1 aromatic carbocycles. The summed E-state index contributed by atoms with van der Waals surface area (Å²) < 4.78 is 28.4. The van der Waals surface area contributed by atoms with Crippen LogP contribution < -0.4 is 10.1 Å². The molecule has 0 aliphatic carbocycles. The molecule has 7 heteroatoms. The maximum Gasteiger partial charge on any atom is 0.258 e. The molecule has 1 N–H and O–H groups in total. The van der Waals surface area contributed by atoms with Crippen LogP contribution in [0.5, 0.6) is 5.75 Å². The molecule has 1 saturated heterocycles. The van der Waals surface area contributed by atoms with E-state index in [1.807, 2.05) is 31.2 Å². The first-order chi connectivity index (χ1) is 10.9. The lowest BCUT2D eigenvalue weighted by atomic mass is 10.2. The molecule has 0 spiro atoms. The predicted molar refractivity (Wildman–Crippen MR) is 87.2 cm³/mol. The number of nitrogens with zero attached hydrogens (tertiary/aromatic N) is 1. The first-order valence-corrected chi connectivity index (χ1v) is 9.24. The Balaban J connectivity index is 1.64. The van der Waals surface area contributed by atoms with E-state index in [1.54, 1.807) is 6.07 Å². The third kappa shape index (κ3) is 3.79. The molecule has 1 amide bonds. The van der Waals surface area contributed by atoms with Gasteiger partial charge in [0.15, 0.2) is 16.4 Å². The van der Waals surface area contributed by atoms with Crippen molar-refractivity contribution in [2.24, 2.45) is 0 Å². The maximum absolute atomic E-state index is 11.9. The van der Waals surface area contributed by atoms with Crippen molar-refractivity contribution in [3.05, 3.63) is 36.0 Å². The van der Waals surface area contributed by atoms with Crippen LogP contribution in [0.15, 0.2) is 30.3 Å². The Morgan fingerprint density at radius 1 is 1.35 bits per heavy atom. The number of aromatic nitrogens is 1. The molecule has 2 aromatic rings. The summed E-state index contributed by atoms with van der Waals surface area (Å²) in [6.07, 6.45) is 0.461. The van der Waals surface area contributed by atoms with Gasteiger partial charge in [-0.1, -0.05) is 18.2 Å². The highest BCUT2D eigenvalue weighted by molar-refractivity contribution is 7.91. The summed E-state index contributed by atoms with van der Waals surface area (Å²) in [4.78, 5) is 16.4. The summed E-state index contributed by atoms with van der Waals surface area (Å²) in [5, 5.41) is 3.64. The Labute approximate surface area is 134 Å². The lowest BCUT2D eigenvalue weighted by Gasteiger charge is -2.12. The minimum absolute atomic E-state index is 0.00770. The number of carbonyl (C=O) groups is 1. The molecule has 1 unspecified atom stereocenters. The number of sulfone groups is 1. The van der Waals surface area contributed by atoms with Gasteiger partial charge in [0.25, 0.3) is 5.91 Å². The van der Waals surface area contributed by atoms with Crippen LogP contribution in [-0.2, 0) is 14.6 Å². The molecule has 6 nitrogen and oxygen atoms in total. The van der Waals surface area contributed by atoms with E-state index in [0.29, 0.717) is 17.7 Å². The van der Waals surface area contributed by atoms with E-state index < -0.39 is 9.84 Å². The Bertz CT molecular complexity index is 848. The van der Waals surface area contributed by atoms with E-state index >= 15 is 0 Å². The number of para-hydroxylation sites is 1. The van der Waals surface area contributed by atoms with E-state index in [4.69, 9.17) is 4.74 Å². The number of hydrogen-bond donors (Lipinski definition) is 1. The normalized spacial score (nSPS) is 19.6. The molecule has 0 radical (unpaired) electrons. The zero-order valence-corrected chi connectivity index (χ0v) is 13.6. The van der Waals surface area contributed by atoms with Crippen molar-refractivity contribution in [2.45, 2.75) is 19.4 Å². The van der Waals surface area contributed by atoms with E-state index in [9.17, 15) is 13.2 Å². The molecular formula is C16H18N2O4S. The highest BCUT2D eigenvalue weighted by Crippen LogP contribution is 2.23. The van der Waals surface area contributed by atoms with Gasteiger partial charge in [-0.2, -0.15) is 0 Å². The largest absolute Gasteiger partial charge is 0.481 e. The van der Waals surface area contributed by atoms with Crippen molar-refractivity contribution >= 4 is 26.6 Å². The number of hydrogen-bond acceptors (Lipinski definition) is 5. The van der Waals surface area contributed by atoms with Crippen molar-refractivity contribution in [3.8, 4) is 5.75 Å². The highest BCUT2D eigenvalue weighted by atomic mass is 32.2. The number of aryl methyl sites for hydroxylation is 1. The molecule has 1 aliphatic rings. The lowest BCUT2D eigenvalue weighted by molar-refractivity contribution is -0.123. The van der Waals surface area contributed by atoms with E-state index in [0.717, 1.165) is 11.1 Å². The fourth-order valence-corrected chi connectivity index (χ4v) is 4.33. The van der Waals surface area contributed by atoms with Gasteiger partial charge in [-0.05, 0) is 25.5 Å². The summed E-state index contributed by atoms with van der Waals surface area (Å²) in [5.74, 6) is 0.358. The van der Waals surface area contributed by atoms with Crippen LogP contribution in [0.25, 0.3) is 10.9 Å². The van der Waals surface area contributed by atoms with Gasteiger partial charge in [0.1, 0.15) is 11.3 Å². The van der Waals surface area contributed by atoms with Crippen LogP contribution in [-0.4, -0.2) is 43.5 Å². The van der Waals surface area contributed by atoms with Gasteiger partial charge in [0, 0.05) is 17.1 Å². The highest BCUT2D eigenvalue weighted by Gasteiger charge is 2.28. The monoisotopic (exact) mass is 334 g/mol. The second kappa shape index (κ2) is 6.16. The molecule has 122 valence electrons. The van der Waals surface area contributed by atoms with Gasteiger partial charge in [-0.3, -0.25) is 4.79 Å². The van der Waals surface area contributed by atoms with Gasteiger partial charge >= 0.3 is 0 Å². The molecule has 1 aliphatic heterocycles. The van der Waals surface area contributed by atoms with Crippen LogP contribution in [0.1, 0.15) is 12.1 Å². The van der Waals surface area contributed by atoms with Crippen LogP contribution >= 0.6 is 0 Å². The lowest BCUT2D eigenvalue weighted by Crippen LogP contribution is -2.38. The van der Waals surface area contributed by atoms with Crippen LogP contribution in [0.2, 0.25) is 0 Å². The van der Waals surface area contributed by atoms with Crippen molar-refractivity contribution in [3.63, 3.8) is 0 Å². The molecule has 3 rings (SSSR count). The van der Waals surface area contributed by atoms with Gasteiger partial charge in [-0.25, -0.2) is 13.4 Å². The Morgan fingerprint density at radius 2 is 2.17 bits per heavy atom. The maximum atomic E-state index is 11.9. The number of carbonyl (C=O) groups excluding carboxylic acids is 1. The number of rotatable bonds is 4. The number of pyridine rings is 1. The molecule has 1 fully saturated rings. The van der Waals surface area contributed by atoms with Gasteiger partial charge in [0.05, 0.1) is 11.5 Å². The van der Waals surface area contributed by atoms with Crippen LogP contribution in [0.3, 0.4) is 0 Å². The molecule has 0 bridgehead atoms. The minimum Gasteiger partial charge on any atom is -0.481 e. The van der Waals surface area contributed by atoms with Crippen LogP contribution in [0.4, 0.5) is 0 Å². The minimum atomic E-state index is -3.01. The summed E-state index contributed by atoms with van der Waals surface area (Å²) in [6, 6.07) is 9.09. The predicted octanol–water partition coefficient (Wildman–Crippen LogP) is 1.23. The topological polar surface area (TPSA) is 85.4 Å². The second-order valence-electron chi connectivity index (χ2n) is 5.74. The number of amides is 1.